The van der Waals surface area contributed by atoms with Crippen molar-refractivity contribution in [2.45, 2.75) is 26.4 Å². The number of nitrogens with zero attached hydrogens (tertiary/aromatic N) is 1. The first-order valence-corrected chi connectivity index (χ1v) is 11.1. The molecular formula is C26H29NO4. The van der Waals surface area contributed by atoms with E-state index in [1.165, 1.54) is 27.8 Å². The van der Waals surface area contributed by atoms with E-state index >= 15 is 0 Å². The van der Waals surface area contributed by atoms with Gasteiger partial charge in [0.1, 0.15) is 6.61 Å². The second kappa shape index (κ2) is 9.16. The number of aryl methyl sites for hydroxylation is 1. The highest BCUT2D eigenvalue weighted by Crippen LogP contribution is 2.40. The fraction of sp³-hybridized carbons (Fsp3) is 0.385. The van der Waals surface area contributed by atoms with Crippen LogP contribution in [0.15, 0.2) is 59.4 Å². The van der Waals surface area contributed by atoms with Gasteiger partial charge in [-0.25, -0.2) is 0 Å². The molecule has 2 aromatic carbocycles. The van der Waals surface area contributed by atoms with Crippen molar-refractivity contribution < 1.29 is 18.6 Å². The first-order valence-electron chi connectivity index (χ1n) is 11.1. The number of hydrogen-bond acceptors (Lipinski definition) is 5. The summed E-state index contributed by atoms with van der Waals surface area (Å²) in [5.74, 6) is 2.17. The van der Waals surface area contributed by atoms with Gasteiger partial charge in [-0.3, -0.25) is 4.90 Å². The molecule has 1 saturated heterocycles. The number of furan rings is 1. The summed E-state index contributed by atoms with van der Waals surface area (Å²) in [6.07, 6.45) is 4.60. The van der Waals surface area contributed by atoms with Crippen LogP contribution in [0.5, 0.6) is 11.5 Å². The monoisotopic (exact) mass is 419 g/mol. The van der Waals surface area contributed by atoms with Crippen molar-refractivity contribution in [2.75, 3.05) is 33.0 Å². The summed E-state index contributed by atoms with van der Waals surface area (Å²) < 4.78 is 23.4. The maximum atomic E-state index is 6.35. The Hall–Kier alpha value is -2.76. The number of hydrogen-bond donors (Lipinski definition) is 0. The third-order valence-corrected chi connectivity index (χ3v) is 6.12. The first-order chi connectivity index (χ1) is 15.3. The minimum absolute atomic E-state index is 0.445. The summed E-state index contributed by atoms with van der Waals surface area (Å²) in [6, 6.07) is 14.9. The van der Waals surface area contributed by atoms with Crippen molar-refractivity contribution in [2.24, 2.45) is 5.92 Å². The topological polar surface area (TPSA) is 44.1 Å². The lowest BCUT2D eigenvalue weighted by Crippen LogP contribution is -2.25. The molecule has 0 spiro atoms. The van der Waals surface area contributed by atoms with Crippen molar-refractivity contribution in [1.82, 2.24) is 4.90 Å². The largest absolute Gasteiger partial charge is 0.489 e. The normalized spacial score (nSPS) is 18.9. The minimum atomic E-state index is 0.445. The van der Waals surface area contributed by atoms with Gasteiger partial charge >= 0.3 is 0 Å². The van der Waals surface area contributed by atoms with Gasteiger partial charge in [-0.05, 0) is 48.2 Å². The lowest BCUT2D eigenvalue weighted by atomic mass is 9.97. The van der Waals surface area contributed by atoms with E-state index in [1.54, 1.807) is 6.26 Å². The molecule has 1 aromatic heterocycles. The van der Waals surface area contributed by atoms with E-state index in [9.17, 15) is 0 Å². The van der Waals surface area contributed by atoms with Gasteiger partial charge in [0.25, 0.3) is 0 Å². The number of rotatable bonds is 6. The van der Waals surface area contributed by atoms with Crippen LogP contribution < -0.4 is 9.47 Å². The number of benzene rings is 2. The van der Waals surface area contributed by atoms with Gasteiger partial charge in [0.15, 0.2) is 11.5 Å². The first kappa shape index (κ1) is 20.2. The molecule has 0 saturated carbocycles. The van der Waals surface area contributed by atoms with E-state index in [-0.39, 0.29) is 0 Å². The van der Waals surface area contributed by atoms with Crippen LogP contribution >= 0.6 is 0 Å². The van der Waals surface area contributed by atoms with E-state index in [0.717, 1.165) is 50.8 Å². The number of ether oxygens (including phenoxy) is 3. The van der Waals surface area contributed by atoms with Crippen LogP contribution in [0.25, 0.3) is 11.1 Å². The Bertz CT molecular complexity index is 1010. The molecule has 31 heavy (non-hydrogen) atoms. The second-order valence-corrected chi connectivity index (χ2v) is 8.51. The van der Waals surface area contributed by atoms with Gasteiger partial charge in [-0.15, -0.1) is 0 Å². The van der Waals surface area contributed by atoms with E-state index in [1.807, 2.05) is 12.3 Å². The molecule has 162 valence electrons. The average Bonchev–Trinajstić information content (AvgIpc) is 3.44. The summed E-state index contributed by atoms with van der Waals surface area (Å²) in [5.41, 5.74) is 5.99. The van der Waals surface area contributed by atoms with Crippen molar-refractivity contribution in [3.63, 3.8) is 0 Å². The van der Waals surface area contributed by atoms with Crippen molar-refractivity contribution in [3.05, 3.63) is 71.7 Å². The predicted molar refractivity (Wildman–Crippen MR) is 119 cm³/mol. The van der Waals surface area contributed by atoms with E-state index in [0.29, 0.717) is 19.1 Å². The molecule has 0 bridgehead atoms. The zero-order valence-electron chi connectivity index (χ0n) is 18.0. The Labute approximate surface area is 183 Å². The van der Waals surface area contributed by atoms with Crippen LogP contribution in [0.1, 0.15) is 23.1 Å². The van der Waals surface area contributed by atoms with Gasteiger partial charge in [-0.1, -0.05) is 24.3 Å². The molecule has 0 N–H and O–H groups in total. The summed E-state index contributed by atoms with van der Waals surface area (Å²) in [4.78, 5) is 2.40. The molecule has 0 amide bonds. The highest BCUT2D eigenvalue weighted by molar-refractivity contribution is 5.72. The Morgan fingerprint density at radius 2 is 2.06 bits per heavy atom. The summed E-state index contributed by atoms with van der Waals surface area (Å²) in [5, 5.41) is 0. The van der Waals surface area contributed by atoms with Crippen molar-refractivity contribution in [1.29, 1.82) is 0 Å². The molecule has 5 heteroatoms. The summed E-state index contributed by atoms with van der Waals surface area (Å²) >= 11 is 0. The third kappa shape index (κ3) is 4.63. The Kier molecular flexibility index (Phi) is 5.96. The summed E-state index contributed by atoms with van der Waals surface area (Å²) in [6.45, 7) is 7.55. The van der Waals surface area contributed by atoms with Gasteiger partial charge in [0, 0.05) is 43.3 Å². The highest BCUT2D eigenvalue weighted by Gasteiger charge is 2.23. The van der Waals surface area contributed by atoms with E-state index in [2.05, 4.69) is 48.2 Å². The standard InChI is InChI=1S/C26H29NO4/c1-19-4-2-3-5-24(19)22-12-23-15-27(14-20-6-9-28-16-20)8-11-30-26(23)25(13-22)31-18-21-7-10-29-17-21/h2-6,9,12-13,16,21H,7-8,10-11,14-15,17-18H2,1H3/t21-/m1/s1. The minimum Gasteiger partial charge on any atom is -0.489 e. The van der Waals surface area contributed by atoms with Crippen LogP contribution in [0.2, 0.25) is 0 Å². The third-order valence-electron chi connectivity index (χ3n) is 6.12. The zero-order chi connectivity index (χ0) is 21.0. The molecule has 5 rings (SSSR count). The van der Waals surface area contributed by atoms with Gasteiger partial charge in [0.05, 0.1) is 25.7 Å². The van der Waals surface area contributed by atoms with E-state index < -0.39 is 0 Å². The number of fused-ring (bicyclic) bond motifs is 1. The van der Waals surface area contributed by atoms with Crippen LogP contribution in [0.3, 0.4) is 0 Å². The summed E-state index contributed by atoms with van der Waals surface area (Å²) in [7, 11) is 0. The zero-order valence-corrected chi connectivity index (χ0v) is 18.0. The molecule has 0 radical (unpaired) electrons. The Balaban J connectivity index is 1.48. The molecule has 0 unspecified atom stereocenters. The smallest absolute Gasteiger partial charge is 0.165 e. The fourth-order valence-electron chi connectivity index (χ4n) is 4.40. The lowest BCUT2D eigenvalue weighted by molar-refractivity contribution is 0.164. The van der Waals surface area contributed by atoms with Gasteiger partial charge < -0.3 is 18.6 Å². The average molecular weight is 420 g/mol. The molecule has 5 nitrogen and oxygen atoms in total. The molecule has 1 atom stereocenters. The maximum Gasteiger partial charge on any atom is 0.165 e. The second-order valence-electron chi connectivity index (χ2n) is 8.51. The highest BCUT2D eigenvalue weighted by atomic mass is 16.5. The molecule has 1 fully saturated rings. The van der Waals surface area contributed by atoms with Crippen molar-refractivity contribution in [3.8, 4) is 22.6 Å². The maximum absolute atomic E-state index is 6.35. The van der Waals surface area contributed by atoms with Crippen molar-refractivity contribution >= 4 is 0 Å². The molecule has 3 heterocycles. The predicted octanol–water partition coefficient (Wildman–Crippen LogP) is 5.06. The molecule has 2 aliphatic heterocycles. The molecule has 3 aromatic rings. The molecule has 0 aliphatic carbocycles. The van der Waals surface area contributed by atoms with Crippen LogP contribution in [-0.4, -0.2) is 37.9 Å². The fourth-order valence-corrected chi connectivity index (χ4v) is 4.40. The molecular weight excluding hydrogens is 390 g/mol. The van der Waals surface area contributed by atoms with Crippen LogP contribution in [0, 0.1) is 12.8 Å². The SMILES string of the molecule is Cc1ccccc1-c1cc2c(c(OC[C@@H]3CCOC3)c1)OCCN(Cc1ccoc1)C2. The Morgan fingerprint density at radius 3 is 2.87 bits per heavy atom. The quantitative estimate of drug-likeness (QED) is 0.558. The van der Waals surface area contributed by atoms with Gasteiger partial charge in [0.2, 0.25) is 0 Å². The van der Waals surface area contributed by atoms with Gasteiger partial charge in [-0.2, -0.15) is 0 Å². The van der Waals surface area contributed by atoms with Crippen LogP contribution in [0.4, 0.5) is 0 Å². The Morgan fingerprint density at radius 1 is 1.13 bits per heavy atom. The van der Waals surface area contributed by atoms with E-state index in [4.69, 9.17) is 18.6 Å². The molecule has 2 aliphatic rings. The van der Waals surface area contributed by atoms with Crippen LogP contribution in [-0.2, 0) is 17.8 Å². The lowest BCUT2D eigenvalue weighted by Gasteiger charge is -2.20.